The fourth-order valence-electron chi connectivity index (χ4n) is 3.07. The first-order chi connectivity index (χ1) is 15.4. The van der Waals surface area contributed by atoms with Crippen LogP contribution >= 0.6 is 11.3 Å². The fourth-order valence-corrected chi connectivity index (χ4v) is 4.20. The van der Waals surface area contributed by atoms with Crippen LogP contribution in [0.3, 0.4) is 0 Å². The van der Waals surface area contributed by atoms with E-state index < -0.39 is 11.7 Å². The number of amides is 1. The Morgan fingerprint density at radius 1 is 1.19 bits per heavy atom. The number of benzene rings is 2. The van der Waals surface area contributed by atoms with E-state index in [9.17, 15) is 14.0 Å². The van der Waals surface area contributed by atoms with E-state index in [0.717, 1.165) is 11.4 Å². The molecule has 7 nitrogen and oxygen atoms in total. The lowest BCUT2D eigenvalue weighted by molar-refractivity contribution is 0.102. The number of carbonyl (C=O) groups excluding carboxylic acids is 1. The van der Waals surface area contributed by atoms with Gasteiger partial charge in [0.15, 0.2) is 0 Å². The first kappa shape index (κ1) is 21.6. The summed E-state index contributed by atoms with van der Waals surface area (Å²) in [5.74, 6) is -0.240. The van der Waals surface area contributed by atoms with Gasteiger partial charge in [-0.05, 0) is 30.2 Å². The lowest BCUT2D eigenvalue weighted by atomic mass is 10.1. The summed E-state index contributed by atoms with van der Waals surface area (Å²) < 4.78 is 20.9. The zero-order valence-corrected chi connectivity index (χ0v) is 18.4. The Labute approximate surface area is 187 Å². The summed E-state index contributed by atoms with van der Waals surface area (Å²) in [6.07, 6.45) is 0.782. The maximum atomic E-state index is 13.8. The molecule has 1 N–H and O–H groups in total. The number of nitrogens with one attached hydrogen (secondary N) is 1. The van der Waals surface area contributed by atoms with Crippen molar-refractivity contribution in [3.05, 3.63) is 87.0 Å². The van der Waals surface area contributed by atoms with Crippen LogP contribution in [0.2, 0.25) is 0 Å². The first-order valence-electron chi connectivity index (χ1n) is 10.1. The van der Waals surface area contributed by atoms with Gasteiger partial charge in [0.25, 0.3) is 11.5 Å². The molecule has 0 radical (unpaired) electrons. The Hall–Kier alpha value is -3.59. The number of nitrogens with zero attached hydrogens (tertiary/aromatic N) is 3. The van der Waals surface area contributed by atoms with E-state index in [4.69, 9.17) is 4.74 Å². The summed E-state index contributed by atoms with van der Waals surface area (Å²) >= 11 is 1.39. The van der Waals surface area contributed by atoms with Crippen molar-refractivity contribution in [3.63, 3.8) is 0 Å². The molecule has 0 saturated carbocycles. The largest absolute Gasteiger partial charge is 0.487 e. The van der Waals surface area contributed by atoms with Crippen LogP contribution in [0.5, 0.6) is 5.75 Å². The molecule has 32 heavy (non-hydrogen) atoms. The monoisotopic (exact) mass is 452 g/mol. The Bertz CT molecular complexity index is 1330. The summed E-state index contributed by atoms with van der Waals surface area (Å²) in [4.78, 5) is 29.7. The summed E-state index contributed by atoms with van der Waals surface area (Å²) in [5.41, 5.74) is 0.638. The van der Waals surface area contributed by atoms with E-state index in [1.165, 1.54) is 40.1 Å². The molecule has 0 unspecified atom stereocenters. The summed E-state index contributed by atoms with van der Waals surface area (Å²) in [6, 6.07) is 13.9. The molecular weight excluding hydrogens is 431 g/mol. The molecule has 0 bridgehead atoms. The van der Waals surface area contributed by atoms with Crippen LogP contribution in [0, 0.1) is 11.7 Å². The van der Waals surface area contributed by atoms with Gasteiger partial charge < -0.3 is 10.1 Å². The average Bonchev–Trinajstić information content (AvgIpc) is 3.15. The van der Waals surface area contributed by atoms with Crippen LogP contribution < -0.4 is 15.6 Å². The first-order valence-corrected chi connectivity index (χ1v) is 10.9. The maximum Gasteiger partial charge on any atom is 0.275 e. The molecule has 2 aromatic heterocycles. The molecule has 2 aromatic carbocycles. The van der Waals surface area contributed by atoms with Gasteiger partial charge >= 0.3 is 0 Å². The highest BCUT2D eigenvalue weighted by atomic mass is 32.1. The molecule has 1 amide bonds. The highest BCUT2D eigenvalue weighted by Crippen LogP contribution is 2.20. The van der Waals surface area contributed by atoms with E-state index in [-0.39, 0.29) is 17.7 Å². The number of rotatable bonds is 7. The third-order valence-corrected chi connectivity index (χ3v) is 5.45. The van der Waals surface area contributed by atoms with Crippen molar-refractivity contribution in [2.45, 2.75) is 26.9 Å². The maximum absolute atomic E-state index is 13.8. The molecule has 0 fully saturated rings. The zero-order chi connectivity index (χ0) is 22.7. The predicted molar refractivity (Wildman–Crippen MR) is 121 cm³/mol. The van der Waals surface area contributed by atoms with Crippen molar-refractivity contribution in [2.75, 3.05) is 5.32 Å². The summed E-state index contributed by atoms with van der Waals surface area (Å²) in [6.45, 7) is 4.26. The van der Waals surface area contributed by atoms with Gasteiger partial charge in [0.1, 0.15) is 23.2 Å². The number of carbonyl (C=O) groups is 1. The molecule has 2 heterocycles. The van der Waals surface area contributed by atoms with Crippen molar-refractivity contribution in [3.8, 4) is 5.75 Å². The van der Waals surface area contributed by atoms with E-state index in [1.807, 2.05) is 0 Å². The standard InChI is InChI=1S/C23H21FN4O3S/c1-14(2)10-20-27-28-21(29)12-16(26-23(28)32-20)13-31-17-7-5-6-15(11-17)25-22(30)18-8-3-4-9-19(18)24/h3-9,11-12,14H,10,13H2,1-2H3,(H,25,30). The van der Waals surface area contributed by atoms with Crippen LogP contribution in [0.25, 0.3) is 4.96 Å². The smallest absolute Gasteiger partial charge is 0.275 e. The molecular formula is C23H21FN4O3S. The molecule has 0 aliphatic carbocycles. The molecule has 164 valence electrons. The SMILES string of the molecule is CC(C)Cc1nn2c(=O)cc(COc3cccc(NC(=O)c4ccccc4F)c3)nc2s1. The molecule has 0 aliphatic rings. The van der Waals surface area contributed by atoms with E-state index in [0.29, 0.717) is 28.0 Å². The number of anilines is 1. The van der Waals surface area contributed by atoms with Crippen LogP contribution in [-0.4, -0.2) is 20.5 Å². The minimum atomic E-state index is -0.593. The molecule has 9 heteroatoms. The fraction of sp³-hybridized carbons (Fsp3) is 0.217. The Morgan fingerprint density at radius 2 is 2.00 bits per heavy atom. The lowest BCUT2D eigenvalue weighted by Gasteiger charge is -2.09. The Morgan fingerprint density at radius 3 is 2.78 bits per heavy atom. The van der Waals surface area contributed by atoms with Gasteiger partial charge in [-0.25, -0.2) is 9.37 Å². The number of fused-ring (bicyclic) bond motifs is 1. The van der Waals surface area contributed by atoms with Gasteiger partial charge in [-0.3, -0.25) is 9.59 Å². The Kier molecular flexibility index (Phi) is 6.27. The van der Waals surface area contributed by atoms with Crippen LogP contribution in [0.4, 0.5) is 10.1 Å². The third-order valence-electron chi connectivity index (χ3n) is 4.52. The second kappa shape index (κ2) is 9.27. The van der Waals surface area contributed by atoms with E-state index in [2.05, 4.69) is 29.2 Å². The van der Waals surface area contributed by atoms with E-state index >= 15 is 0 Å². The minimum absolute atomic E-state index is 0.0433. The second-order valence-electron chi connectivity index (χ2n) is 7.62. The third kappa shape index (κ3) is 5.00. The Balaban J connectivity index is 1.46. The number of halogens is 1. The molecule has 4 rings (SSSR count). The predicted octanol–water partition coefficient (Wildman–Crippen LogP) is 4.32. The van der Waals surface area contributed by atoms with Crippen LogP contribution in [-0.2, 0) is 13.0 Å². The van der Waals surface area contributed by atoms with Gasteiger partial charge in [-0.1, -0.05) is 43.4 Å². The van der Waals surface area contributed by atoms with Gasteiger partial charge in [0.05, 0.1) is 11.3 Å². The molecule has 0 atom stereocenters. The number of hydrogen-bond acceptors (Lipinski definition) is 6. The molecule has 0 aliphatic heterocycles. The zero-order valence-electron chi connectivity index (χ0n) is 17.5. The van der Waals surface area contributed by atoms with Gasteiger partial charge in [-0.15, -0.1) is 0 Å². The molecule has 0 saturated heterocycles. The van der Waals surface area contributed by atoms with Gasteiger partial charge in [-0.2, -0.15) is 9.61 Å². The normalized spacial score (nSPS) is 11.1. The van der Waals surface area contributed by atoms with Crippen molar-refractivity contribution >= 4 is 27.9 Å². The van der Waals surface area contributed by atoms with E-state index in [1.54, 1.807) is 30.3 Å². The summed E-state index contributed by atoms with van der Waals surface area (Å²) in [5, 5.41) is 7.85. The van der Waals surface area contributed by atoms with Gasteiger partial charge in [0.2, 0.25) is 4.96 Å². The topological polar surface area (TPSA) is 85.6 Å². The highest BCUT2D eigenvalue weighted by Gasteiger charge is 2.13. The number of hydrogen-bond donors (Lipinski definition) is 1. The van der Waals surface area contributed by atoms with Crippen LogP contribution in [0.1, 0.15) is 34.9 Å². The highest BCUT2D eigenvalue weighted by molar-refractivity contribution is 7.16. The quantitative estimate of drug-likeness (QED) is 0.451. The lowest BCUT2D eigenvalue weighted by Crippen LogP contribution is -2.16. The molecule has 4 aromatic rings. The van der Waals surface area contributed by atoms with Gasteiger partial charge in [0, 0.05) is 24.2 Å². The minimum Gasteiger partial charge on any atom is -0.487 e. The number of aromatic nitrogens is 3. The summed E-state index contributed by atoms with van der Waals surface area (Å²) in [7, 11) is 0. The average molecular weight is 453 g/mol. The van der Waals surface area contributed by atoms with Crippen molar-refractivity contribution < 1.29 is 13.9 Å². The number of ether oxygens (including phenoxy) is 1. The molecule has 0 spiro atoms. The van der Waals surface area contributed by atoms with Crippen molar-refractivity contribution in [1.82, 2.24) is 14.6 Å². The van der Waals surface area contributed by atoms with Crippen LogP contribution in [0.15, 0.2) is 59.4 Å². The second-order valence-corrected chi connectivity index (χ2v) is 8.66. The van der Waals surface area contributed by atoms with Crippen molar-refractivity contribution in [2.24, 2.45) is 5.92 Å². The van der Waals surface area contributed by atoms with Crippen molar-refractivity contribution in [1.29, 1.82) is 0 Å².